The molecule has 1 aromatic heterocycles. The first-order chi connectivity index (χ1) is 7.04. The zero-order valence-electron chi connectivity index (χ0n) is 10.4. The molecule has 0 bridgehead atoms. The van der Waals surface area contributed by atoms with Crippen molar-refractivity contribution in [3.63, 3.8) is 0 Å². The second kappa shape index (κ2) is 5.61. The van der Waals surface area contributed by atoms with E-state index in [1.165, 1.54) is 15.6 Å². The van der Waals surface area contributed by atoms with Gasteiger partial charge in [-0.3, -0.25) is 0 Å². The molecule has 1 rings (SSSR count). The van der Waals surface area contributed by atoms with Gasteiger partial charge in [0.25, 0.3) is 0 Å². The van der Waals surface area contributed by atoms with Crippen molar-refractivity contribution in [1.82, 2.24) is 10.3 Å². The maximum Gasteiger partial charge on any atom is 0.0934 e. The van der Waals surface area contributed by atoms with E-state index in [4.69, 9.17) is 0 Å². The highest BCUT2D eigenvalue weighted by molar-refractivity contribution is 7.11. The van der Waals surface area contributed by atoms with Crippen LogP contribution in [0, 0.1) is 12.8 Å². The van der Waals surface area contributed by atoms with Gasteiger partial charge in [-0.1, -0.05) is 20.8 Å². The summed E-state index contributed by atoms with van der Waals surface area (Å²) in [6.07, 6.45) is 1.10. The summed E-state index contributed by atoms with van der Waals surface area (Å²) in [7, 11) is 0. The van der Waals surface area contributed by atoms with Crippen LogP contribution in [0.5, 0.6) is 0 Å². The summed E-state index contributed by atoms with van der Waals surface area (Å²) in [5.41, 5.74) is 1.20. The second-order valence-corrected chi connectivity index (χ2v) is 5.55. The van der Waals surface area contributed by atoms with Gasteiger partial charge in [-0.2, -0.15) is 0 Å². The van der Waals surface area contributed by atoms with E-state index < -0.39 is 0 Å². The minimum atomic E-state index is 0.438. The van der Waals surface area contributed by atoms with Crippen molar-refractivity contribution in [3.05, 3.63) is 15.6 Å². The van der Waals surface area contributed by atoms with Gasteiger partial charge in [0.1, 0.15) is 0 Å². The first-order valence-corrected chi connectivity index (χ1v) is 6.55. The maximum absolute atomic E-state index is 4.63. The number of aromatic nitrogens is 1. The molecule has 2 nitrogen and oxygen atoms in total. The fraction of sp³-hybridized carbons (Fsp3) is 0.750. The lowest BCUT2D eigenvalue weighted by atomic mass is 10.1. The first-order valence-electron chi connectivity index (χ1n) is 5.74. The Kier molecular flexibility index (Phi) is 4.74. The molecule has 0 aliphatic carbocycles. The zero-order valence-corrected chi connectivity index (χ0v) is 11.2. The van der Waals surface area contributed by atoms with Crippen molar-refractivity contribution in [2.24, 2.45) is 5.92 Å². The molecule has 1 aromatic rings. The summed E-state index contributed by atoms with van der Waals surface area (Å²) < 4.78 is 0. The predicted octanol–water partition coefficient (Wildman–Crippen LogP) is 3.32. The largest absolute Gasteiger partial charge is 0.310 e. The van der Waals surface area contributed by atoms with Crippen LogP contribution in [0.25, 0.3) is 0 Å². The third-order valence-electron chi connectivity index (χ3n) is 2.36. The summed E-state index contributed by atoms with van der Waals surface area (Å²) >= 11 is 1.86. The first kappa shape index (κ1) is 12.7. The lowest BCUT2D eigenvalue weighted by Gasteiger charge is -2.09. The Balaban J connectivity index is 2.76. The highest BCUT2D eigenvalue weighted by atomic mass is 32.1. The highest BCUT2D eigenvalue weighted by Gasteiger charge is 2.13. The molecule has 0 amide bonds. The number of nitrogens with zero attached hydrogens (tertiary/aromatic N) is 1. The number of thiazole rings is 1. The average Bonchev–Trinajstić information content (AvgIpc) is 2.46. The van der Waals surface area contributed by atoms with Crippen molar-refractivity contribution in [2.75, 3.05) is 6.54 Å². The van der Waals surface area contributed by atoms with Crippen LogP contribution in [0.3, 0.4) is 0 Å². The fourth-order valence-corrected chi connectivity index (χ4v) is 3.01. The molecule has 0 radical (unpaired) electrons. The minimum Gasteiger partial charge on any atom is -0.310 e. The van der Waals surface area contributed by atoms with Crippen LogP contribution in [-0.2, 0) is 6.42 Å². The van der Waals surface area contributed by atoms with E-state index in [1.807, 2.05) is 11.3 Å². The molecule has 1 heterocycles. The standard InChI is InChI=1S/C12H22N2S/c1-6-13-9(4)12-10(5)14-11(15-12)7-8(2)3/h8-9,13H,6-7H2,1-5H3. The van der Waals surface area contributed by atoms with Crippen molar-refractivity contribution in [3.8, 4) is 0 Å². The van der Waals surface area contributed by atoms with Crippen LogP contribution in [0.15, 0.2) is 0 Å². The van der Waals surface area contributed by atoms with Crippen molar-refractivity contribution < 1.29 is 0 Å². The number of aryl methyl sites for hydroxylation is 1. The van der Waals surface area contributed by atoms with Crippen LogP contribution in [0.4, 0.5) is 0 Å². The zero-order chi connectivity index (χ0) is 11.4. The molecule has 1 unspecified atom stereocenters. The molecule has 1 atom stereocenters. The minimum absolute atomic E-state index is 0.438. The number of hydrogen-bond acceptors (Lipinski definition) is 3. The molecule has 15 heavy (non-hydrogen) atoms. The van der Waals surface area contributed by atoms with Crippen LogP contribution in [0.2, 0.25) is 0 Å². The van der Waals surface area contributed by atoms with Gasteiger partial charge in [0.05, 0.1) is 10.7 Å². The number of nitrogens with one attached hydrogen (secondary N) is 1. The van der Waals surface area contributed by atoms with Crippen LogP contribution < -0.4 is 5.32 Å². The molecule has 0 fully saturated rings. The molecule has 1 N–H and O–H groups in total. The molecule has 86 valence electrons. The average molecular weight is 226 g/mol. The summed E-state index contributed by atoms with van der Waals surface area (Å²) in [6, 6.07) is 0.438. The SMILES string of the molecule is CCNC(C)c1sc(CC(C)C)nc1C. The van der Waals surface area contributed by atoms with E-state index in [2.05, 4.69) is 44.9 Å². The molecule has 0 aliphatic rings. The van der Waals surface area contributed by atoms with Gasteiger partial charge in [0.2, 0.25) is 0 Å². The Hall–Kier alpha value is -0.410. The molecule has 0 aliphatic heterocycles. The molecule has 0 saturated heterocycles. The highest BCUT2D eigenvalue weighted by Crippen LogP contribution is 2.26. The van der Waals surface area contributed by atoms with Crippen molar-refractivity contribution >= 4 is 11.3 Å². The fourth-order valence-electron chi connectivity index (χ4n) is 1.70. The molecular formula is C12H22N2S. The summed E-state index contributed by atoms with van der Waals surface area (Å²) in [5, 5.41) is 4.72. The predicted molar refractivity (Wildman–Crippen MR) is 67.5 cm³/mol. The Morgan fingerprint density at radius 3 is 2.53 bits per heavy atom. The summed E-state index contributed by atoms with van der Waals surface area (Å²) in [5.74, 6) is 0.692. The van der Waals surface area contributed by atoms with E-state index in [9.17, 15) is 0 Å². The molecule has 0 spiro atoms. The van der Waals surface area contributed by atoms with Gasteiger partial charge in [-0.25, -0.2) is 4.98 Å². The van der Waals surface area contributed by atoms with Crippen LogP contribution >= 0.6 is 11.3 Å². The number of rotatable bonds is 5. The van der Waals surface area contributed by atoms with E-state index >= 15 is 0 Å². The maximum atomic E-state index is 4.63. The summed E-state index contributed by atoms with van der Waals surface area (Å²) in [6.45, 7) is 12.0. The van der Waals surface area contributed by atoms with Crippen LogP contribution in [0.1, 0.15) is 49.3 Å². The third kappa shape index (κ3) is 3.58. The molecular weight excluding hydrogens is 204 g/mol. The Morgan fingerprint density at radius 2 is 2.00 bits per heavy atom. The normalized spacial score (nSPS) is 13.5. The summed E-state index contributed by atoms with van der Waals surface area (Å²) in [4.78, 5) is 6.03. The number of hydrogen-bond donors (Lipinski definition) is 1. The Labute approximate surface area is 97.1 Å². The third-order valence-corrected chi connectivity index (χ3v) is 3.73. The Bertz CT molecular complexity index is 305. The Morgan fingerprint density at radius 1 is 1.33 bits per heavy atom. The lowest BCUT2D eigenvalue weighted by Crippen LogP contribution is -2.17. The van der Waals surface area contributed by atoms with E-state index in [-0.39, 0.29) is 0 Å². The van der Waals surface area contributed by atoms with Crippen molar-refractivity contribution in [2.45, 2.75) is 47.1 Å². The van der Waals surface area contributed by atoms with Gasteiger partial charge in [0.15, 0.2) is 0 Å². The monoisotopic (exact) mass is 226 g/mol. The van der Waals surface area contributed by atoms with Crippen LogP contribution in [-0.4, -0.2) is 11.5 Å². The topological polar surface area (TPSA) is 24.9 Å². The van der Waals surface area contributed by atoms with E-state index in [0.717, 1.165) is 13.0 Å². The van der Waals surface area contributed by atoms with E-state index in [0.29, 0.717) is 12.0 Å². The quantitative estimate of drug-likeness (QED) is 0.833. The van der Waals surface area contributed by atoms with Gasteiger partial charge in [-0.05, 0) is 26.3 Å². The lowest BCUT2D eigenvalue weighted by molar-refractivity contribution is 0.603. The second-order valence-electron chi connectivity index (χ2n) is 4.43. The molecule has 0 aromatic carbocycles. The van der Waals surface area contributed by atoms with E-state index in [1.54, 1.807) is 0 Å². The van der Waals surface area contributed by atoms with Gasteiger partial charge < -0.3 is 5.32 Å². The smallest absolute Gasteiger partial charge is 0.0934 e. The van der Waals surface area contributed by atoms with Gasteiger partial charge in [0, 0.05) is 17.3 Å². The van der Waals surface area contributed by atoms with Gasteiger partial charge >= 0.3 is 0 Å². The molecule has 0 saturated carbocycles. The molecule has 3 heteroatoms. The van der Waals surface area contributed by atoms with Gasteiger partial charge in [-0.15, -0.1) is 11.3 Å². The van der Waals surface area contributed by atoms with Crippen molar-refractivity contribution in [1.29, 1.82) is 0 Å².